The second-order valence-corrected chi connectivity index (χ2v) is 5.81. The van der Waals surface area contributed by atoms with E-state index in [1.165, 1.54) is 18.4 Å². The lowest BCUT2D eigenvalue weighted by atomic mass is 9.97. The maximum absolute atomic E-state index is 10.8. The van der Waals surface area contributed by atoms with Crippen LogP contribution in [0.4, 0.5) is 0 Å². The minimum absolute atomic E-state index is 0.538. The Morgan fingerprint density at radius 2 is 2.15 bits per heavy atom. The van der Waals surface area contributed by atoms with Crippen molar-refractivity contribution in [2.24, 2.45) is 0 Å². The number of nitrogens with zero attached hydrogens (tertiary/aromatic N) is 2. The van der Waals surface area contributed by atoms with E-state index in [2.05, 4.69) is 18.1 Å². The Morgan fingerprint density at radius 3 is 2.85 bits per heavy atom. The summed E-state index contributed by atoms with van der Waals surface area (Å²) in [7, 11) is 0. The first kappa shape index (κ1) is 13.7. The van der Waals surface area contributed by atoms with Gasteiger partial charge in [0.15, 0.2) is 0 Å². The summed E-state index contributed by atoms with van der Waals surface area (Å²) in [6.07, 6.45) is 4.31. The highest BCUT2D eigenvalue weighted by Crippen LogP contribution is 2.44. The molecule has 1 fully saturated rings. The molecule has 0 amide bonds. The van der Waals surface area contributed by atoms with Crippen LogP contribution in [0.15, 0.2) is 30.5 Å². The van der Waals surface area contributed by atoms with Crippen molar-refractivity contribution in [2.75, 3.05) is 0 Å². The van der Waals surface area contributed by atoms with Gasteiger partial charge in [-0.3, -0.25) is 4.68 Å². The smallest absolute Gasteiger partial charge is 0.122 e. The molecule has 3 nitrogen and oxygen atoms in total. The predicted molar refractivity (Wildman–Crippen MR) is 80.0 cm³/mol. The fourth-order valence-corrected chi connectivity index (χ4v) is 2.95. The second kappa shape index (κ2) is 5.58. The van der Waals surface area contributed by atoms with Crippen LogP contribution in [0.25, 0.3) is 0 Å². The first-order chi connectivity index (χ1) is 9.72. The first-order valence-electron chi connectivity index (χ1n) is 7.20. The van der Waals surface area contributed by atoms with Crippen LogP contribution in [-0.4, -0.2) is 14.9 Å². The third kappa shape index (κ3) is 2.48. The van der Waals surface area contributed by atoms with Crippen molar-refractivity contribution in [1.29, 1.82) is 0 Å². The van der Waals surface area contributed by atoms with Gasteiger partial charge < -0.3 is 5.11 Å². The van der Waals surface area contributed by atoms with Gasteiger partial charge in [0, 0.05) is 6.54 Å². The summed E-state index contributed by atoms with van der Waals surface area (Å²) < 4.78 is 1.82. The molecule has 1 heterocycles. The zero-order valence-corrected chi connectivity index (χ0v) is 12.3. The van der Waals surface area contributed by atoms with Crippen molar-refractivity contribution in [3.05, 3.63) is 52.3 Å². The molecule has 1 unspecified atom stereocenters. The predicted octanol–water partition coefficient (Wildman–Crippen LogP) is 3.91. The van der Waals surface area contributed by atoms with Crippen LogP contribution in [-0.2, 0) is 6.54 Å². The summed E-state index contributed by atoms with van der Waals surface area (Å²) >= 11 is 6.23. The van der Waals surface area contributed by atoms with Crippen molar-refractivity contribution < 1.29 is 5.11 Å². The van der Waals surface area contributed by atoms with E-state index in [9.17, 15) is 5.11 Å². The number of hydrogen-bond acceptors (Lipinski definition) is 2. The van der Waals surface area contributed by atoms with E-state index in [1.54, 1.807) is 6.20 Å². The van der Waals surface area contributed by atoms with Gasteiger partial charge in [0.05, 0.1) is 16.9 Å². The van der Waals surface area contributed by atoms with Gasteiger partial charge in [0.25, 0.3) is 0 Å². The Labute approximate surface area is 124 Å². The molecule has 4 heteroatoms. The van der Waals surface area contributed by atoms with Crippen molar-refractivity contribution in [3.63, 3.8) is 0 Å². The maximum atomic E-state index is 10.8. The molecule has 3 rings (SSSR count). The zero-order valence-electron chi connectivity index (χ0n) is 11.6. The van der Waals surface area contributed by atoms with Crippen molar-refractivity contribution in [3.8, 4) is 0 Å². The minimum atomic E-state index is -0.701. The fraction of sp³-hybridized carbons (Fsp3) is 0.438. The summed E-state index contributed by atoms with van der Waals surface area (Å²) in [5, 5.41) is 15.6. The molecule has 1 aromatic carbocycles. The quantitative estimate of drug-likeness (QED) is 0.907. The van der Waals surface area contributed by atoms with Crippen molar-refractivity contribution in [2.45, 2.75) is 44.8 Å². The number of halogens is 1. The van der Waals surface area contributed by atoms with Gasteiger partial charge in [0.1, 0.15) is 6.10 Å². The number of rotatable bonds is 5. The Bertz CT molecular complexity index is 604. The summed E-state index contributed by atoms with van der Waals surface area (Å²) in [5.41, 5.74) is 2.93. The summed E-state index contributed by atoms with van der Waals surface area (Å²) in [6, 6.07) is 8.12. The van der Waals surface area contributed by atoms with Crippen LogP contribution >= 0.6 is 11.6 Å². The Morgan fingerprint density at radius 1 is 1.40 bits per heavy atom. The van der Waals surface area contributed by atoms with E-state index in [-0.39, 0.29) is 0 Å². The minimum Gasteiger partial charge on any atom is -0.382 e. The highest BCUT2D eigenvalue weighted by Gasteiger charge is 2.29. The molecule has 20 heavy (non-hydrogen) atoms. The average molecular weight is 291 g/mol. The summed E-state index contributed by atoms with van der Waals surface area (Å²) in [5.74, 6) is 0.599. The third-order valence-electron chi connectivity index (χ3n) is 3.84. The van der Waals surface area contributed by atoms with Crippen LogP contribution in [0.3, 0.4) is 0 Å². The summed E-state index contributed by atoms with van der Waals surface area (Å²) in [6.45, 7) is 2.86. The van der Waals surface area contributed by atoms with Crippen molar-refractivity contribution >= 4 is 11.6 Å². The van der Waals surface area contributed by atoms with Gasteiger partial charge in [-0.25, -0.2) is 0 Å². The van der Waals surface area contributed by atoms with E-state index < -0.39 is 6.10 Å². The number of aliphatic hydroxyl groups is 1. The number of aliphatic hydroxyl groups excluding tert-OH is 1. The van der Waals surface area contributed by atoms with E-state index in [4.69, 9.17) is 11.6 Å². The molecule has 0 aliphatic heterocycles. The largest absolute Gasteiger partial charge is 0.382 e. The number of aryl methyl sites for hydroxylation is 1. The van der Waals surface area contributed by atoms with Gasteiger partial charge in [-0.15, -0.1) is 0 Å². The fourth-order valence-electron chi connectivity index (χ4n) is 2.71. The molecule has 1 aromatic heterocycles. The number of hydrogen-bond donors (Lipinski definition) is 1. The molecule has 1 aliphatic carbocycles. The first-order valence-corrected chi connectivity index (χ1v) is 7.58. The molecule has 1 atom stereocenters. The van der Waals surface area contributed by atoms with Crippen LogP contribution in [0.2, 0.25) is 5.02 Å². The Hall–Kier alpha value is -1.32. The highest BCUT2D eigenvalue weighted by atomic mass is 35.5. The molecule has 2 aromatic rings. The van der Waals surface area contributed by atoms with Gasteiger partial charge in [-0.1, -0.05) is 42.8 Å². The average Bonchev–Trinajstić information content (AvgIpc) is 3.24. The lowest BCUT2D eigenvalue weighted by molar-refractivity contribution is 0.206. The molecule has 1 N–H and O–H groups in total. The molecule has 106 valence electrons. The SMILES string of the molecule is CCCn1ncc(Cl)c1C(O)c1ccccc1C1CC1. The Kier molecular flexibility index (Phi) is 3.81. The van der Waals surface area contributed by atoms with E-state index in [1.807, 2.05) is 22.9 Å². The number of aromatic nitrogens is 2. The van der Waals surface area contributed by atoms with Crippen molar-refractivity contribution in [1.82, 2.24) is 9.78 Å². The lowest BCUT2D eigenvalue weighted by Crippen LogP contribution is -2.12. The van der Waals surface area contributed by atoms with Gasteiger partial charge in [0.2, 0.25) is 0 Å². The van der Waals surface area contributed by atoms with Crippen LogP contribution in [0.1, 0.15) is 55.0 Å². The molecular weight excluding hydrogens is 272 g/mol. The molecule has 0 radical (unpaired) electrons. The van der Waals surface area contributed by atoms with Gasteiger partial charge in [-0.05, 0) is 36.3 Å². The van der Waals surface area contributed by atoms with E-state index in [0.717, 1.165) is 18.5 Å². The third-order valence-corrected chi connectivity index (χ3v) is 4.13. The molecule has 1 aliphatic rings. The topological polar surface area (TPSA) is 38.0 Å². The molecule has 1 saturated carbocycles. The molecule has 0 spiro atoms. The van der Waals surface area contributed by atoms with Gasteiger partial charge in [-0.2, -0.15) is 5.10 Å². The normalized spacial score (nSPS) is 16.4. The van der Waals surface area contributed by atoms with E-state index >= 15 is 0 Å². The molecular formula is C16H19ClN2O. The van der Waals surface area contributed by atoms with Crippen LogP contribution < -0.4 is 0 Å². The van der Waals surface area contributed by atoms with Gasteiger partial charge >= 0.3 is 0 Å². The maximum Gasteiger partial charge on any atom is 0.122 e. The highest BCUT2D eigenvalue weighted by molar-refractivity contribution is 6.31. The standard InChI is InChI=1S/C16H19ClN2O/c1-2-9-19-15(14(17)10-18-19)16(20)13-6-4-3-5-12(13)11-7-8-11/h3-6,10-11,16,20H,2,7-9H2,1H3. The molecule has 0 bridgehead atoms. The summed E-state index contributed by atoms with van der Waals surface area (Å²) in [4.78, 5) is 0. The second-order valence-electron chi connectivity index (χ2n) is 5.41. The molecule has 0 saturated heterocycles. The lowest BCUT2D eigenvalue weighted by Gasteiger charge is -2.17. The zero-order chi connectivity index (χ0) is 14.1. The monoisotopic (exact) mass is 290 g/mol. The Balaban J connectivity index is 2.00. The number of benzene rings is 1. The van der Waals surface area contributed by atoms with Crippen LogP contribution in [0.5, 0.6) is 0 Å². The van der Waals surface area contributed by atoms with Crippen LogP contribution in [0, 0.1) is 0 Å². The van der Waals surface area contributed by atoms with E-state index in [0.29, 0.717) is 16.6 Å².